The lowest BCUT2D eigenvalue weighted by Crippen LogP contribution is -2.42. The van der Waals surface area contributed by atoms with E-state index in [0.717, 1.165) is 22.7 Å². The second-order valence-electron chi connectivity index (χ2n) is 6.49. The van der Waals surface area contributed by atoms with E-state index < -0.39 is 11.4 Å². The Labute approximate surface area is 125 Å². The van der Waals surface area contributed by atoms with Gasteiger partial charge in [0.25, 0.3) is 0 Å². The highest BCUT2D eigenvalue weighted by atomic mass is 35.5. The van der Waals surface area contributed by atoms with Crippen molar-refractivity contribution in [2.24, 2.45) is 5.41 Å². The van der Waals surface area contributed by atoms with Crippen LogP contribution in [0.4, 0.5) is 5.69 Å². The third kappa shape index (κ3) is 2.64. The van der Waals surface area contributed by atoms with Gasteiger partial charge in [-0.25, -0.2) is 0 Å². The fourth-order valence-corrected chi connectivity index (χ4v) is 3.32. The first-order chi connectivity index (χ1) is 9.24. The molecule has 110 valence electrons. The Bertz CT molecular complexity index is 525. The number of halogens is 1. The maximum absolute atomic E-state index is 11.4. The van der Waals surface area contributed by atoms with E-state index in [2.05, 4.69) is 24.8 Å². The van der Waals surface area contributed by atoms with Crippen LogP contribution in [-0.2, 0) is 11.2 Å². The topological polar surface area (TPSA) is 40.5 Å². The van der Waals surface area contributed by atoms with Crippen molar-refractivity contribution in [1.82, 2.24) is 0 Å². The van der Waals surface area contributed by atoms with Crippen LogP contribution in [0, 0.1) is 5.41 Å². The molecule has 2 rings (SSSR count). The predicted molar refractivity (Wildman–Crippen MR) is 82.6 cm³/mol. The summed E-state index contributed by atoms with van der Waals surface area (Å²) in [6.45, 7) is 7.85. The lowest BCUT2D eigenvalue weighted by Gasteiger charge is -2.35. The Morgan fingerprint density at radius 3 is 2.70 bits per heavy atom. The fourth-order valence-electron chi connectivity index (χ4n) is 3.07. The monoisotopic (exact) mass is 295 g/mol. The molecule has 3 nitrogen and oxygen atoms in total. The molecule has 1 aliphatic heterocycles. The molecule has 0 aromatic heterocycles. The van der Waals surface area contributed by atoms with Crippen LogP contribution in [0.15, 0.2) is 18.2 Å². The molecule has 1 aromatic rings. The maximum atomic E-state index is 11.4. The number of anilines is 1. The quantitative estimate of drug-likeness (QED) is 0.913. The van der Waals surface area contributed by atoms with Crippen molar-refractivity contribution in [3.8, 4) is 0 Å². The van der Waals surface area contributed by atoms with Gasteiger partial charge in [0.15, 0.2) is 0 Å². The predicted octanol–water partition coefficient (Wildman–Crippen LogP) is 3.98. The average Bonchev–Trinajstić information content (AvgIpc) is 2.67. The number of rotatable bonds is 4. The minimum Gasteiger partial charge on any atom is -0.481 e. The number of nitrogens with zero attached hydrogens (tertiary/aromatic N) is 1. The molecule has 1 N–H and O–H groups in total. The van der Waals surface area contributed by atoms with Crippen molar-refractivity contribution >= 4 is 23.3 Å². The molecule has 0 spiro atoms. The number of hydrogen-bond donors (Lipinski definition) is 1. The van der Waals surface area contributed by atoms with Crippen LogP contribution in [-0.4, -0.2) is 23.2 Å². The fraction of sp³-hybridized carbons (Fsp3) is 0.562. The van der Waals surface area contributed by atoms with E-state index in [1.807, 2.05) is 12.1 Å². The number of carboxylic acid groups (broad SMARTS) is 1. The third-order valence-corrected chi connectivity index (χ3v) is 4.44. The molecule has 0 aliphatic carbocycles. The largest absolute Gasteiger partial charge is 0.481 e. The van der Waals surface area contributed by atoms with Crippen molar-refractivity contribution in [3.05, 3.63) is 28.8 Å². The highest BCUT2D eigenvalue weighted by molar-refractivity contribution is 6.31. The second kappa shape index (κ2) is 5.28. The van der Waals surface area contributed by atoms with Gasteiger partial charge >= 0.3 is 5.97 Å². The standard InChI is InChI=1S/C16H22ClNO2/c1-10(2)18-11(9-16(3,4)15(19)20)8-12-13(17)6-5-7-14(12)18/h5-7,10-11H,8-9H2,1-4H3,(H,19,20). The zero-order chi connectivity index (χ0) is 15.1. The zero-order valence-electron chi connectivity index (χ0n) is 12.5. The molecule has 1 unspecified atom stereocenters. The zero-order valence-corrected chi connectivity index (χ0v) is 13.2. The van der Waals surface area contributed by atoms with Crippen LogP contribution in [0.3, 0.4) is 0 Å². The lowest BCUT2D eigenvalue weighted by molar-refractivity contribution is -0.147. The Morgan fingerprint density at radius 2 is 2.15 bits per heavy atom. The van der Waals surface area contributed by atoms with E-state index in [9.17, 15) is 9.90 Å². The SMILES string of the molecule is CC(C)N1c2cccc(Cl)c2CC1CC(C)(C)C(=O)O. The molecule has 0 bridgehead atoms. The first-order valence-corrected chi connectivity index (χ1v) is 7.41. The van der Waals surface area contributed by atoms with Crippen LogP contribution in [0.25, 0.3) is 0 Å². The van der Waals surface area contributed by atoms with Gasteiger partial charge in [-0.15, -0.1) is 0 Å². The molecule has 0 fully saturated rings. The van der Waals surface area contributed by atoms with Crippen LogP contribution in [0.2, 0.25) is 5.02 Å². The summed E-state index contributed by atoms with van der Waals surface area (Å²) in [5.41, 5.74) is 1.57. The highest BCUT2D eigenvalue weighted by Crippen LogP contribution is 2.41. The number of hydrogen-bond acceptors (Lipinski definition) is 2. The van der Waals surface area contributed by atoms with Crippen LogP contribution < -0.4 is 4.90 Å². The highest BCUT2D eigenvalue weighted by Gasteiger charge is 2.38. The minimum absolute atomic E-state index is 0.191. The van der Waals surface area contributed by atoms with Crippen LogP contribution >= 0.6 is 11.6 Å². The average molecular weight is 296 g/mol. The van der Waals surface area contributed by atoms with Gasteiger partial charge in [0, 0.05) is 22.8 Å². The molecule has 1 aliphatic rings. The summed E-state index contributed by atoms with van der Waals surface area (Å²) in [6.07, 6.45) is 1.44. The van der Waals surface area contributed by atoms with E-state index in [-0.39, 0.29) is 6.04 Å². The third-order valence-electron chi connectivity index (χ3n) is 4.09. The lowest BCUT2D eigenvalue weighted by atomic mass is 9.84. The maximum Gasteiger partial charge on any atom is 0.309 e. The van der Waals surface area contributed by atoms with Gasteiger partial charge in [0.05, 0.1) is 5.41 Å². The Balaban J connectivity index is 2.33. The van der Waals surface area contributed by atoms with Gasteiger partial charge in [-0.05, 0) is 58.2 Å². The number of aliphatic carboxylic acids is 1. The number of carboxylic acids is 1. The van der Waals surface area contributed by atoms with Crippen LogP contribution in [0.5, 0.6) is 0 Å². The molecule has 1 heterocycles. The van der Waals surface area contributed by atoms with E-state index in [1.54, 1.807) is 13.8 Å². The summed E-state index contributed by atoms with van der Waals surface area (Å²) in [5.74, 6) is -0.747. The van der Waals surface area contributed by atoms with Crippen LogP contribution in [0.1, 0.15) is 39.7 Å². The summed E-state index contributed by atoms with van der Waals surface area (Å²) in [5, 5.41) is 10.1. The summed E-state index contributed by atoms with van der Waals surface area (Å²) in [4.78, 5) is 13.7. The van der Waals surface area contributed by atoms with Gasteiger partial charge in [-0.1, -0.05) is 17.7 Å². The van der Waals surface area contributed by atoms with Gasteiger partial charge in [0.2, 0.25) is 0 Å². The molecule has 0 amide bonds. The van der Waals surface area contributed by atoms with Crippen molar-refractivity contribution in [2.75, 3.05) is 4.90 Å². The van der Waals surface area contributed by atoms with E-state index in [0.29, 0.717) is 12.5 Å². The molecule has 4 heteroatoms. The summed E-state index contributed by atoms with van der Waals surface area (Å²) >= 11 is 6.30. The van der Waals surface area contributed by atoms with Gasteiger partial charge in [-0.3, -0.25) is 4.79 Å². The Hall–Kier alpha value is -1.22. The molecule has 1 atom stereocenters. The molecular formula is C16H22ClNO2. The molecule has 20 heavy (non-hydrogen) atoms. The first-order valence-electron chi connectivity index (χ1n) is 7.03. The first kappa shape index (κ1) is 15.2. The van der Waals surface area contributed by atoms with Gasteiger partial charge < -0.3 is 10.0 Å². The Morgan fingerprint density at radius 1 is 1.50 bits per heavy atom. The number of carbonyl (C=O) groups is 1. The normalized spacial score (nSPS) is 18.5. The van der Waals surface area contributed by atoms with E-state index in [1.165, 1.54) is 0 Å². The van der Waals surface area contributed by atoms with Gasteiger partial charge in [0.1, 0.15) is 0 Å². The van der Waals surface area contributed by atoms with Crippen molar-refractivity contribution in [1.29, 1.82) is 0 Å². The molecule has 0 radical (unpaired) electrons. The smallest absolute Gasteiger partial charge is 0.309 e. The number of fused-ring (bicyclic) bond motifs is 1. The molecular weight excluding hydrogens is 274 g/mol. The summed E-state index contributed by atoms with van der Waals surface area (Å²) in [7, 11) is 0. The van der Waals surface area contributed by atoms with Crippen molar-refractivity contribution < 1.29 is 9.90 Å². The van der Waals surface area contributed by atoms with Crippen molar-refractivity contribution in [2.45, 2.75) is 52.6 Å². The minimum atomic E-state index is -0.747. The van der Waals surface area contributed by atoms with Crippen molar-refractivity contribution in [3.63, 3.8) is 0 Å². The molecule has 0 saturated carbocycles. The molecule has 1 aromatic carbocycles. The number of benzene rings is 1. The van der Waals surface area contributed by atoms with E-state index >= 15 is 0 Å². The van der Waals surface area contributed by atoms with E-state index in [4.69, 9.17) is 11.6 Å². The summed E-state index contributed by atoms with van der Waals surface area (Å²) in [6, 6.07) is 6.46. The summed E-state index contributed by atoms with van der Waals surface area (Å²) < 4.78 is 0. The second-order valence-corrected chi connectivity index (χ2v) is 6.90. The van der Waals surface area contributed by atoms with Gasteiger partial charge in [-0.2, -0.15) is 0 Å². The Kier molecular flexibility index (Phi) is 4.01. The molecule has 0 saturated heterocycles.